The van der Waals surface area contributed by atoms with Crippen LogP contribution in [-0.2, 0) is 14.3 Å². The van der Waals surface area contributed by atoms with Crippen molar-refractivity contribution in [1.29, 1.82) is 0 Å². The Kier molecular flexibility index (Phi) is 7.42. The molecule has 0 saturated heterocycles. The molecule has 28 heavy (non-hydrogen) atoms. The SMILES string of the molecule is CCCCOCCCN1C(=O)C(Nc2cccc(Br)c2)=C(c2cccs2)C1=O. The summed E-state index contributed by atoms with van der Waals surface area (Å²) < 4.78 is 6.45. The zero-order valence-electron chi connectivity index (χ0n) is 15.7. The van der Waals surface area contributed by atoms with Crippen LogP contribution in [0.25, 0.3) is 5.57 Å². The van der Waals surface area contributed by atoms with Crippen molar-refractivity contribution in [3.63, 3.8) is 0 Å². The molecule has 2 amide bonds. The molecule has 0 radical (unpaired) electrons. The van der Waals surface area contributed by atoms with Crippen molar-refractivity contribution in [2.24, 2.45) is 0 Å². The molecule has 0 unspecified atom stereocenters. The minimum Gasteiger partial charge on any atom is -0.381 e. The van der Waals surface area contributed by atoms with Crippen LogP contribution in [0.15, 0.2) is 51.9 Å². The number of nitrogens with one attached hydrogen (secondary N) is 1. The number of thiophene rings is 1. The molecule has 1 N–H and O–H groups in total. The number of carbonyl (C=O) groups is 2. The van der Waals surface area contributed by atoms with Gasteiger partial charge in [-0.05, 0) is 42.5 Å². The van der Waals surface area contributed by atoms with Crippen LogP contribution in [-0.4, -0.2) is 36.5 Å². The largest absolute Gasteiger partial charge is 0.381 e. The minimum absolute atomic E-state index is 0.251. The van der Waals surface area contributed by atoms with Gasteiger partial charge >= 0.3 is 0 Å². The normalized spacial score (nSPS) is 14.3. The van der Waals surface area contributed by atoms with Crippen molar-refractivity contribution < 1.29 is 14.3 Å². The van der Waals surface area contributed by atoms with Crippen molar-refractivity contribution in [1.82, 2.24) is 4.90 Å². The molecular formula is C21H23BrN2O3S. The Balaban J connectivity index is 1.76. The zero-order chi connectivity index (χ0) is 19.9. The van der Waals surface area contributed by atoms with Gasteiger partial charge in [0, 0.05) is 34.8 Å². The summed E-state index contributed by atoms with van der Waals surface area (Å²) in [6.45, 7) is 3.72. The first-order valence-corrected chi connectivity index (χ1v) is 11.0. The Morgan fingerprint density at radius 1 is 1.11 bits per heavy atom. The fraction of sp³-hybridized carbons (Fsp3) is 0.333. The standard InChI is InChI=1S/C21H23BrN2O3S/c1-2-3-11-27-12-6-10-24-20(25)18(17-9-5-13-28-17)19(21(24)26)23-16-8-4-7-15(22)14-16/h4-5,7-9,13-14,23H,2-3,6,10-12H2,1H3. The first-order chi connectivity index (χ1) is 13.6. The van der Waals surface area contributed by atoms with Gasteiger partial charge in [0.05, 0.1) is 5.57 Å². The van der Waals surface area contributed by atoms with Gasteiger partial charge in [-0.1, -0.05) is 41.4 Å². The van der Waals surface area contributed by atoms with Gasteiger partial charge in [0.1, 0.15) is 5.70 Å². The van der Waals surface area contributed by atoms with E-state index in [2.05, 4.69) is 28.2 Å². The third-order valence-corrected chi connectivity index (χ3v) is 5.72. The fourth-order valence-electron chi connectivity index (χ4n) is 2.93. The Hall–Kier alpha value is -1.96. The maximum absolute atomic E-state index is 13.0. The average Bonchev–Trinajstić information content (AvgIpc) is 3.27. The first kappa shape index (κ1) is 20.8. The van der Waals surface area contributed by atoms with E-state index in [0.29, 0.717) is 37.4 Å². The third-order valence-electron chi connectivity index (χ3n) is 4.34. The monoisotopic (exact) mass is 462 g/mol. The molecule has 0 fully saturated rings. The van der Waals surface area contributed by atoms with Gasteiger partial charge in [-0.2, -0.15) is 0 Å². The molecule has 2 aromatic rings. The zero-order valence-corrected chi connectivity index (χ0v) is 18.1. The number of hydrogen-bond acceptors (Lipinski definition) is 5. The highest BCUT2D eigenvalue weighted by Crippen LogP contribution is 2.33. The summed E-state index contributed by atoms with van der Waals surface area (Å²) in [6.07, 6.45) is 2.73. The molecule has 1 aromatic heterocycles. The Morgan fingerprint density at radius 2 is 1.93 bits per heavy atom. The van der Waals surface area contributed by atoms with Gasteiger partial charge in [0.25, 0.3) is 11.8 Å². The van der Waals surface area contributed by atoms with Crippen LogP contribution < -0.4 is 5.32 Å². The number of amides is 2. The molecule has 0 atom stereocenters. The van der Waals surface area contributed by atoms with E-state index in [-0.39, 0.29) is 11.8 Å². The number of hydrogen-bond donors (Lipinski definition) is 1. The van der Waals surface area contributed by atoms with Crippen LogP contribution in [0.2, 0.25) is 0 Å². The number of anilines is 1. The number of imide groups is 1. The Bertz CT molecular complexity index is 864. The van der Waals surface area contributed by atoms with Crippen LogP contribution in [0.5, 0.6) is 0 Å². The molecule has 1 aliphatic rings. The van der Waals surface area contributed by atoms with Gasteiger partial charge in [-0.3, -0.25) is 14.5 Å². The minimum atomic E-state index is -0.290. The lowest BCUT2D eigenvalue weighted by Crippen LogP contribution is -2.34. The number of unbranched alkanes of at least 4 members (excludes halogenated alkanes) is 1. The first-order valence-electron chi connectivity index (χ1n) is 9.36. The number of ether oxygens (including phenoxy) is 1. The maximum atomic E-state index is 13.0. The average molecular weight is 463 g/mol. The lowest BCUT2D eigenvalue weighted by Gasteiger charge is -2.15. The van der Waals surface area contributed by atoms with Gasteiger partial charge < -0.3 is 10.1 Å². The summed E-state index contributed by atoms with van der Waals surface area (Å²) in [7, 11) is 0. The van der Waals surface area contributed by atoms with Crippen molar-refractivity contribution in [3.8, 4) is 0 Å². The summed E-state index contributed by atoms with van der Waals surface area (Å²) in [5.41, 5.74) is 1.52. The van der Waals surface area contributed by atoms with E-state index in [1.165, 1.54) is 16.2 Å². The van der Waals surface area contributed by atoms with Gasteiger partial charge in [-0.15, -0.1) is 11.3 Å². The van der Waals surface area contributed by atoms with Crippen LogP contribution in [0.3, 0.4) is 0 Å². The van der Waals surface area contributed by atoms with Gasteiger partial charge in [-0.25, -0.2) is 0 Å². The van der Waals surface area contributed by atoms with E-state index in [0.717, 1.165) is 27.9 Å². The van der Waals surface area contributed by atoms with Crippen molar-refractivity contribution in [2.45, 2.75) is 26.2 Å². The summed E-state index contributed by atoms with van der Waals surface area (Å²) in [6, 6.07) is 11.3. The molecule has 1 aromatic carbocycles. The van der Waals surface area contributed by atoms with E-state index in [1.807, 2.05) is 41.8 Å². The molecule has 0 bridgehead atoms. The summed E-state index contributed by atoms with van der Waals surface area (Å²) >= 11 is 4.89. The smallest absolute Gasteiger partial charge is 0.278 e. The molecule has 0 saturated carbocycles. The molecule has 3 rings (SSSR count). The number of rotatable bonds is 10. The quantitative estimate of drug-likeness (QED) is 0.402. The predicted molar refractivity (Wildman–Crippen MR) is 116 cm³/mol. The maximum Gasteiger partial charge on any atom is 0.278 e. The fourth-order valence-corrected chi connectivity index (χ4v) is 4.10. The predicted octanol–water partition coefficient (Wildman–Crippen LogP) is 4.91. The van der Waals surface area contributed by atoms with Crippen LogP contribution in [0.4, 0.5) is 5.69 Å². The molecule has 7 heteroatoms. The van der Waals surface area contributed by atoms with Gasteiger partial charge in [0.15, 0.2) is 0 Å². The van der Waals surface area contributed by atoms with Crippen LogP contribution in [0.1, 0.15) is 31.1 Å². The lowest BCUT2D eigenvalue weighted by atomic mass is 10.2. The number of nitrogens with zero attached hydrogens (tertiary/aromatic N) is 1. The highest BCUT2D eigenvalue weighted by molar-refractivity contribution is 9.10. The molecular weight excluding hydrogens is 440 g/mol. The van der Waals surface area contributed by atoms with Crippen LogP contribution >= 0.6 is 27.3 Å². The van der Waals surface area contributed by atoms with Crippen molar-refractivity contribution in [3.05, 3.63) is 56.8 Å². The van der Waals surface area contributed by atoms with E-state index < -0.39 is 0 Å². The molecule has 5 nitrogen and oxygen atoms in total. The Morgan fingerprint density at radius 3 is 2.64 bits per heavy atom. The van der Waals surface area contributed by atoms with E-state index in [4.69, 9.17) is 4.74 Å². The molecule has 2 heterocycles. The second-order valence-electron chi connectivity index (χ2n) is 6.44. The second-order valence-corrected chi connectivity index (χ2v) is 8.31. The molecule has 1 aliphatic heterocycles. The molecule has 148 valence electrons. The topological polar surface area (TPSA) is 58.6 Å². The van der Waals surface area contributed by atoms with Crippen molar-refractivity contribution >= 4 is 50.3 Å². The van der Waals surface area contributed by atoms with E-state index in [1.54, 1.807) is 0 Å². The molecule has 0 spiro atoms. The highest BCUT2D eigenvalue weighted by Gasteiger charge is 2.39. The number of halogens is 1. The third kappa shape index (κ3) is 4.90. The Labute approximate surface area is 177 Å². The molecule has 0 aliphatic carbocycles. The van der Waals surface area contributed by atoms with Gasteiger partial charge in [0.2, 0.25) is 0 Å². The summed E-state index contributed by atoms with van der Waals surface area (Å²) in [5.74, 6) is -0.541. The van der Waals surface area contributed by atoms with E-state index >= 15 is 0 Å². The number of carbonyl (C=O) groups excluding carboxylic acids is 2. The summed E-state index contributed by atoms with van der Waals surface area (Å²) in [4.78, 5) is 28.1. The summed E-state index contributed by atoms with van der Waals surface area (Å²) in [5, 5.41) is 5.07. The second kappa shape index (κ2) is 10.0. The van der Waals surface area contributed by atoms with Crippen LogP contribution in [0, 0.1) is 0 Å². The van der Waals surface area contributed by atoms with Crippen molar-refractivity contribution in [2.75, 3.05) is 25.1 Å². The number of benzene rings is 1. The highest BCUT2D eigenvalue weighted by atomic mass is 79.9. The lowest BCUT2D eigenvalue weighted by molar-refractivity contribution is -0.137. The van der Waals surface area contributed by atoms with E-state index in [9.17, 15) is 9.59 Å².